The third-order valence-corrected chi connectivity index (χ3v) is 6.02. The Balaban J connectivity index is 2.48. The second-order valence-corrected chi connectivity index (χ2v) is 8.11. The Kier molecular flexibility index (Phi) is 8.54. The van der Waals surface area contributed by atoms with E-state index in [0.29, 0.717) is 41.9 Å². The van der Waals surface area contributed by atoms with Crippen LogP contribution in [0.3, 0.4) is 0 Å². The van der Waals surface area contributed by atoms with E-state index in [-0.39, 0.29) is 40.5 Å². The zero-order valence-electron chi connectivity index (χ0n) is 17.0. The molecule has 0 saturated carbocycles. The summed E-state index contributed by atoms with van der Waals surface area (Å²) in [6.45, 7) is 3.16. The molecular formula is C20H23ClFNO6S. The minimum absolute atomic E-state index is 0.119. The molecule has 2 amide bonds. The molecule has 30 heavy (non-hydrogen) atoms. The minimum atomic E-state index is -0.881. The summed E-state index contributed by atoms with van der Waals surface area (Å²) in [6.07, 6.45) is 2.27. The molecule has 1 aliphatic rings. The number of methoxy groups -OCH3 is 1. The number of carbonyl (C=O) groups is 4. The standard InChI is InChI=1S/C20H23ClFNO6S/c1-4-9-29-20(27)13-8-6-5-7-12(13)19(26)23(11(2)24)17-16(21)14(30-18(17)22)10-15(25)28-3/h4-10H2,1-3H3. The van der Waals surface area contributed by atoms with Crippen molar-refractivity contribution in [2.75, 3.05) is 18.6 Å². The fourth-order valence-electron chi connectivity index (χ4n) is 3.11. The van der Waals surface area contributed by atoms with Crippen molar-refractivity contribution in [3.63, 3.8) is 0 Å². The van der Waals surface area contributed by atoms with Crippen molar-refractivity contribution in [2.24, 2.45) is 0 Å². The number of esters is 2. The van der Waals surface area contributed by atoms with Gasteiger partial charge in [0.2, 0.25) is 11.0 Å². The summed E-state index contributed by atoms with van der Waals surface area (Å²) >= 11 is 6.79. The van der Waals surface area contributed by atoms with Crippen molar-refractivity contribution in [1.29, 1.82) is 0 Å². The maximum Gasteiger partial charge on any atom is 0.334 e. The third-order valence-electron chi connectivity index (χ3n) is 4.54. The van der Waals surface area contributed by atoms with Crippen LogP contribution >= 0.6 is 22.9 Å². The third kappa shape index (κ3) is 5.26. The van der Waals surface area contributed by atoms with Gasteiger partial charge in [-0.2, -0.15) is 4.39 Å². The van der Waals surface area contributed by atoms with E-state index in [1.54, 1.807) is 0 Å². The largest absolute Gasteiger partial charge is 0.469 e. The monoisotopic (exact) mass is 459 g/mol. The van der Waals surface area contributed by atoms with E-state index in [9.17, 15) is 23.6 Å². The van der Waals surface area contributed by atoms with Gasteiger partial charge in [-0.3, -0.25) is 14.4 Å². The van der Waals surface area contributed by atoms with E-state index < -0.39 is 34.6 Å². The van der Waals surface area contributed by atoms with Gasteiger partial charge in [-0.25, -0.2) is 9.69 Å². The molecule has 0 spiro atoms. The molecule has 1 aliphatic carbocycles. The summed E-state index contributed by atoms with van der Waals surface area (Å²) < 4.78 is 24.4. The number of hydrogen-bond donors (Lipinski definition) is 0. The molecule has 0 aromatic carbocycles. The second kappa shape index (κ2) is 10.7. The summed E-state index contributed by atoms with van der Waals surface area (Å²) in [5, 5.41) is -1.09. The van der Waals surface area contributed by atoms with E-state index in [4.69, 9.17) is 16.3 Å². The summed E-state index contributed by atoms with van der Waals surface area (Å²) in [6, 6.07) is 0. The summed E-state index contributed by atoms with van der Waals surface area (Å²) in [7, 11) is 1.18. The van der Waals surface area contributed by atoms with Crippen molar-refractivity contribution in [1.82, 2.24) is 0 Å². The lowest BCUT2D eigenvalue weighted by Crippen LogP contribution is -2.38. The first-order chi connectivity index (χ1) is 14.2. The highest BCUT2D eigenvalue weighted by Crippen LogP contribution is 2.41. The second-order valence-electron chi connectivity index (χ2n) is 6.67. The van der Waals surface area contributed by atoms with Crippen LogP contribution in [0, 0.1) is 5.13 Å². The van der Waals surface area contributed by atoms with Gasteiger partial charge in [0.05, 0.1) is 25.2 Å². The van der Waals surface area contributed by atoms with Gasteiger partial charge in [-0.05, 0) is 32.1 Å². The van der Waals surface area contributed by atoms with Crippen LogP contribution in [0.2, 0.25) is 5.02 Å². The molecule has 164 valence electrons. The Morgan fingerprint density at radius 3 is 2.37 bits per heavy atom. The topological polar surface area (TPSA) is 90.0 Å². The van der Waals surface area contributed by atoms with Gasteiger partial charge in [-0.1, -0.05) is 18.5 Å². The molecule has 0 radical (unpaired) electrons. The average molecular weight is 460 g/mol. The molecule has 0 N–H and O–H groups in total. The minimum Gasteiger partial charge on any atom is -0.469 e. The van der Waals surface area contributed by atoms with Crippen LogP contribution in [0.25, 0.3) is 0 Å². The van der Waals surface area contributed by atoms with Gasteiger partial charge in [-0.15, -0.1) is 11.3 Å². The first kappa shape index (κ1) is 24.0. The number of thiophene rings is 1. The molecule has 0 unspecified atom stereocenters. The molecule has 0 bridgehead atoms. The highest BCUT2D eigenvalue weighted by Gasteiger charge is 2.35. The molecule has 0 saturated heterocycles. The van der Waals surface area contributed by atoms with Crippen molar-refractivity contribution in [3.05, 3.63) is 26.2 Å². The Morgan fingerprint density at radius 2 is 1.80 bits per heavy atom. The number of hydrogen-bond acceptors (Lipinski definition) is 7. The Hall–Kier alpha value is -2.26. The number of carbonyl (C=O) groups excluding carboxylic acids is 4. The summed E-state index contributed by atoms with van der Waals surface area (Å²) in [5.41, 5.74) is -0.0985. The summed E-state index contributed by atoms with van der Waals surface area (Å²) in [4.78, 5) is 50.3. The molecule has 1 aromatic heterocycles. The predicted molar refractivity (Wildman–Crippen MR) is 110 cm³/mol. The van der Waals surface area contributed by atoms with Crippen molar-refractivity contribution in [3.8, 4) is 0 Å². The van der Waals surface area contributed by atoms with Crippen LogP contribution in [0.5, 0.6) is 0 Å². The van der Waals surface area contributed by atoms with Gasteiger partial charge in [0.25, 0.3) is 5.91 Å². The van der Waals surface area contributed by atoms with Crippen LogP contribution < -0.4 is 4.90 Å². The smallest absolute Gasteiger partial charge is 0.334 e. The normalized spacial score (nSPS) is 13.8. The Labute approximate surface area is 182 Å². The molecule has 1 heterocycles. The SMILES string of the molecule is CCCOC(=O)C1=C(C(=O)N(C(C)=O)c2c(F)sc(CC(=O)OC)c2Cl)CCCC1. The van der Waals surface area contributed by atoms with Gasteiger partial charge in [0, 0.05) is 22.9 Å². The van der Waals surface area contributed by atoms with Crippen LogP contribution in [0.15, 0.2) is 11.1 Å². The fraction of sp³-hybridized carbons (Fsp3) is 0.500. The first-order valence-electron chi connectivity index (χ1n) is 9.50. The molecule has 0 fully saturated rings. The van der Waals surface area contributed by atoms with E-state index in [1.165, 1.54) is 7.11 Å². The lowest BCUT2D eigenvalue weighted by atomic mass is 9.90. The molecular weight excluding hydrogens is 437 g/mol. The average Bonchev–Trinajstić information content (AvgIpc) is 2.99. The van der Waals surface area contributed by atoms with Crippen molar-refractivity contribution >= 4 is 52.4 Å². The van der Waals surface area contributed by atoms with E-state index >= 15 is 0 Å². The number of halogens is 2. The van der Waals surface area contributed by atoms with E-state index in [1.807, 2.05) is 6.92 Å². The number of nitrogens with zero attached hydrogens (tertiary/aromatic N) is 1. The van der Waals surface area contributed by atoms with E-state index in [0.717, 1.165) is 6.92 Å². The van der Waals surface area contributed by atoms with E-state index in [2.05, 4.69) is 4.74 Å². The number of imide groups is 1. The molecule has 1 aromatic rings. The van der Waals surface area contributed by atoms with Gasteiger partial charge in [0.15, 0.2) is 0 Å². The number of anilines is 1. The number of ether oxygens (including phenoxy) is 2. The zero-order valence-corrected chi connectivity index (χ0v) is 18.6. The highest BCUT2D eigenvalue weighted by atomic mass is 35.5. The maximum absolute atomic E-state index is 14.7. The lowest BCUT2D eigenvalue weighted by molar-refractivity contribution is -0.140. The van der Waals surface area contributed by atoms with Gasteiger partial charge >= 0.3 is 11.9 Å². The molecule has 10 heteroatoms. The fourth-order valence-corrected chi connectivity index (χ4v) is 4.40. The van der Waals surface area contributed by atoms with Gasteiger partial charge < -0.3 is 9.47 Å². The van der Waals surface area contributed by atoms with Crippen LogP contribution in [0.1, 0.15) is 50.8 Å². The van der Waals surface area contributed by atoms with Crippen LogP contribution in [0.4, 0.5) is 10.1 Å². The lowest BCUT2D eigenvalue weighted by Gasteiger charge is -2.24. The van der Waals surface area contributed by atoms with Crippen molar-refractivity contribution < 1.29 is 33.0 Å². The molecule has 7 nitrogen and oxygen atoms in total. The van der Waals surface area contributed by atoms with Crippen molar-refractivity contribution in [2.45, 2.75) is 52.4 Å². The highest BCUT2D eigenvalue weighted by molar-refractivity contribution is 7.11. The van der Waals surface area contributed by atoms with Crippen LogP contribution in [-0.2, 0) is 35.1 Å². The van der Waals surface area contributed by atoms with Crippen LogP contribution in [-0.4, -0.2) is 37.5 Å². The number of rotatable bonds is 7. The van der Waals surface area contributed by atoms with Gasteiger partial charge in [0.1, 0.15) is 5.69 Å². The molecule has 2 rings (SSSR count). The molecule has 0 atom stereocenters. The predicted octanol–water partition coefficient (Wildman–Crippen LogP) is 3.96. The number of amides is 2. The zero-order chi connectivity index (χ0) is 22.4. The first-order valence-corrected chi connectivity index (χ1v) is 10.7. The Morgan fingerprint density at radius 1 is 1.17 bits per heavy atom. The summed E-state index contributed by atoms with van der Waals surface area (Å²) in [5.74, 6) is -2.82. The maximum atomic E-state index is 14.7. The quantitative estimate of drug-likeness (QED) is 0.573. The Bertz CT molecular complexity index is 894. The molecule has 0 aliphatic heterocycles.